The number of rotatable bonds is 2. The predicted molar refractivity (Wildman–Crippen MR) is 59.8 cm³/mol. The Morgan fingerprint density at radius 2 is 2.36 bits per heavy atom. The highest BCUT2D eigenvalue weighted by atomic mass is 15.2. The monoisotopic (exact) mass is 195 g/mol. The van der Waals surface area contributed by atoms with E-state index in [0.717, 1.165) is 25.6 Å². The van der Waals surface area contributed by atoms with Crippen molar-refractivity contribution < 1.29 is 0 Å². The van der Waals surface area contributed by atoms with Crippen LogP contribution in [0.3, 0.4) is 0 Å². The molecule has 0 aromatic carbocycles. The van der Waals surface area contributed by atoms with E-state index in [2.05, 4.69) is 22.3 Å². The molecule has 0 aromatic rings. The van der Waals surface area contributed by atoms with Gasteiger partial charge in [0.05, 0.1) is 5.84 Å². The lowest BCUT2D eigenvalue weighted by Crippen LogP contribution is -2.44. The first-order valence-corrected chi connectivity index (χ1v) is 5.84. The molecule has 2 aliphatic heterocycles. The molecule has 1 fully saturated rings. The zero-order chi connectivity index (χ0) is 9.80. The Balaban J connectivity index is 1.73. The van der Waals surface area contributed by atoms with Crippen LogP contribution in [0.5, 0.6) is 0 Å². The lowest BCUT2D eigenvalue weighted by molar-refractivity contribution is 0.186. The average Bonchev–Trinajstić information content (AvgIpc) is 2.69. The Morgan fingerprint density at radius 3 is 3.07 bits per heavy atom. The molecule has 0 bridgehead atoms. The van der Waals surface area contributed by atoms with Gasteiger partial charge in [0.2, 0.25) is 0 Å². The summed E-state index contributed by atoms with van der Waals surface area (Å²) in [6, 6.07) is 0.729. The number of piperidine rings is 1. The van der Waals surface area contributed by atoms with Crippen LogP contribution in [0.15, 0.2) is 4.99 Å². The van der Waals surface area contributed by atoms with Gasteiger partial charge in [0.15, 0.2) is 0 Å². The topological polar surface area (TPSA) is 27.6 Å². The number of aliphatic imine (C=N–C) groups is 1. The van der Waals surface area contributed by atoms with Crippen LogP contribution in [0, 0.1) is 0 Å². The Kier molecular flexibility index (Phi) is 3.40. The normalized spacial score (nSPS) is 28.9. The summed E-state index contributed by atoms with van der Waals surface area (Å²) in [4.78, 5) is 6.91. The van der Waals surface area contributed by atoms with E-state index in [1.165, 1.54) is 38.1 Å². The molecule has 1 N–H and O–H groups in total. The summed E-state index contributed by atoms with van der Waals surface area (Å²) < 4.78 is 0. The summed E-state index contributed by atoms with van der Waals surface area (Å²) in [5.41, 5.74) is 0. The SMILES string of the molecule is CN1CCCCC1CNC1=NCCC1. The summed E-state index contributed by atoms with van der Waals surface area (Å²) >= 11 is 0. The fraction of sp³-hybridized carbons (Fsp3) is 0.909. The van der Waals surface area contributed by atoms with Gasteiger partial charge in [-0.3, -0.25) is 4.99 Å². The van der Waals surface area contributed by atoms with Crippen LogP contribution in [0.4, 0.5) is 0 Å². The van der Waals surface area contributed by atoms with Gasteiger partial charge in [0.1, 0.15) is 0 Å². The zero-order valence-electron chi connectivity index (χ0n) is 9.13. The molecule has 80 valence electrons. The Labute approximate surface area is 86.6 Å². The molecule has 14 heavy (non-hydrogen) atoms. The zero-order valence-corrected chi connectivity index (χ0v) is 9.13. The number of hydrogen-bond donors (Lipinski definition) is 1. The van der Waals surface area contributed by atoms with Crippen molar-refractivity contribution in [3.8, 4) is 0 Å². The number of hydrogen-bond acceptors (Lipinski definition) is 3. The highest BCUT2D eigenvalue weighted by molar-refractivity contribution is 5.83. The molecule has 0 aliphatic carbocycles. The van der Waals surface area contributed by atoms with Gasteiger partial charge in [-0.15, -0.1) is 0 Å². The van der Waals surface area contributed by atoms with Crippen molar-refractivity contribution in [2.45, 2.75) is 38.1 Å². The second-order valence-corrected chi connectivity index (χ2v) is 4.44. The first kappa shape index (κ1) is 9.97. The van der Waals surface area contributed by atoms with Gasteiger partial charge in [0.25, 0.3) is 0 Å². The summed E-state index contributed by atoms with van der Waals surface area (Å²) in [6.07, 6.45) is 6.51. The summed E-state index contributed by atoms with van der Waals surface area (Å²) in [7, 11) is 2.24. The molecule has 1 atom stereocenters. The molecule has 3 heteroatoms. The van der Waals surface area contributed by atoms with E-state index in [9.17, 15) is 0 Å². The van der Waals surface area contributed by atoms with Crippen molar-refractivity contribution in [2.24, 2.45) is 4.99 Å². The summed E-state index contributed by atoms with van der Waals surface area (Å²) in [5.74, 6) is 1.24. The highest BCUT2D eigenvalue weighted by Gasteiger charge is 2.19. The molecule has 0 aromatic heterocycles. The van der Waals surface area contributed by atoms with Crippen LogP contribution in [-0.2, 0) is 0 Å². The van der Waals surface area contributed by atoms with Crippen molar-refractivity contribution in [1.82, 2.24) is 10.2 Å². The lowest BCUT2D eigenvalue weighted by atomic mass is 10.0. The van der Waals surface area contributed by atoms with Gasteiger partial charge in [0, 0.05) is 25.6 Å². The number of likely N-dealkylation sites (N-methyl/N-ethyl adjacent to an activating group) is 1. The molecule has 3 nitrogen and oxygen atoms in total. The molecule has 1 unspecified atom stereocenters. The van der Waals surface area contributed by atoms with Gasteiger partial charge in [-0.2, -0.15) is 0 Å². The third kappa shape index (κ3) is 2.47. The van der Waals surface area contributed by atoms with E-state index in [4.69, 9.17) is 0 Å². The van der Waals surface area contributed by atoms with E-state index in [0.29, 0.717) is 0 Å². The maximum absolute atomic E-state index is 4.43. The smallest absolute Gasteiger partial charge is 0.0964 e. The van der Waals surface area contributed by atoms with E-state index in [1.54, 1.807) is 0 Å². The Bertz CT molecular complexity index is 213. The minimum Gasteiger partial charge on any atom is -0.372 e. The fourth-order valence-electron chi connectivity index (χ4n) is 2.32. The van der Waals surface area contributed by atoms with Crippen LogP contribution < -0.4 is 5.32 Å². The minimum atomic E-state index is 0.729. The summed E-state index contributed by atoms with van der Waals surface area (Å²) in [6.45, 7) is 3.39. The molecule has 0 amide bonds. The molecule has 2 rings (SSSR count). The molecule has 2 aliphatic rings. The van der Waals surface area contributed by atoms with Gasteiger partial charge < -0.3 is 10.2 Å². The van der Waals surface area contributed by atoms with Crippen LogP contribution >= 0.6 is 0 Å². The molecule has 0 spiro atoms. The second-order valence-electron chi connectivity index (χ2n) is 4.44. The molecule has 0 radical (unpaired) electrons. The van der Waals surface area contributed by atoms with Crippen molar-refractivity contribution in [3.63, 3.8) is 0 Å². The van der Waals surface area contributed by atoms with Gasteiger partial charge in [-0.05, 0) is 32.9 Å². The molecule has 0 saturated carbocycles. The van der Waals surface area contributed by atoms with Crippen LogP contribution in [0.25, 0.3) is 0 Å². The third-order valence-electron chi connectivity index (χ3n) is 3.34. The van der Waals surface area contributed by atoms with Crippen molar-refractivity contribution >= 4 is 5.84 Å². The van der Waals surface area contributed by atoms with E-state index in [1.807, 2.05) is 0 Å². The van der Waals surface area contributed by atoms with Crippen LogP contribution in [0.1, 0.15) is 32.1 Å². The Morgan fingerprint density at radius 1 is 1.43 bits per heavy atom. The molecule has 1 saturated heterocycles. The maximum atomic E-state index is 4.43. The van der Waals surface area contributed by atoms with Gasteiger partial charge >= 0.3 is 0 Å². The predicted octanol–water partition coefficient (Wildman–Crippen LogP) is 1.25. The fourth-order valence-corrected chi connectivity index (χ4v) is 2.32. The number of amidine groups is 1. The van der Waals surface area contributed by atoms with E-state index in [-0.39, 0.29) is 0 Å². The van der Waals surface area contributed by atoms with Crippen molar-refractivity contribution in [2.75, 3.05) is 26.7 Å². The first-order valence-electron chi connectivity index (χ1n) is 5.84. The Hall–Kier alpha value is -0.570. The van der Waals surface area contributed by atoms with Crippen molar-refractivity contribution in [1.29, 1.82) is 0 Å². The third-order valence-corrected chi connectivity index (χ3v) is 3.34. The standard InChI is InChI=1S/C11H21N3/c1-14-8-3-2-5-10(14)9-13-11-6-4-7-12-11/h10H,2-9H2,1H3,(H,12,13). The van der Waals surface area contributed by atoms with Gasteiger partial charge in [-0.25, -0.2) is 0 Å². The number of likely N-dealkylation sites (tertiary alicyclic amines) is 1. The highest BCUT2D eigenvalue weighted by Crippen LogP contribution is 2.14. The van der Waals surface area contributed by atoms with Crippen LogP contribution in [-0.4, -0.2) is 43.5 Å². The molecular weight excluding hydrogens is 174 g/mol. The average molecular weight is 195 g/mol. The minimum absolute atomic E-state index is 0.729. The lowest BCUT2D eigenvalue weighted by Gasteiger charge is -2.32. The quantitative estimate of drug-likeness (QED) is 0.718. The van der Waals surface area contributed by atoms with E-state index >= 15 is 0 Å². The van der Waals surface area contributed by atoms with Crippen LogP contribution in [0.2, 0.25) is 0 Å². The largest absolute Gasteiger partial charge is 0.372 e. The molecule has 2 heterocycles. The van der Waals surface area contributed by atoms with Crippen molar-refractivity contribution in [3.05, 3.63) is 0 Å². The maximum Gasteiger partial charge on any atom is 0.0964 e. The summed E-state index contributed by atoms with van der Waals surface area (Å²) in [5, 5.41) is 3.49. The molecular formula is C11H21N3. The number of nitrogens with zero attached hydrogens (tertiary/aromatic N) is 2. The van der Waals surface area contributed by atoms with Gasteiger partial charge in [-0.1, -0.05) is 6.42 Å². The second kappa shape index (κ2) is 4.78. The van der Waals surface area contributed by atoms with E-state index < -0.39 is 0 Å². The number of nitrogens with one attached hydrogen (secondary N) is 1. The first-order chi connectivity index (χ1) is 6.86.